The fourth-order valence-electron chi connectivity index (χ4n) is 1.64. The summed E-state index contributed by atoms with van der Waals surface area (Å²) in [4.78, 5) is 11.8. The van der Waals surface area contributed by atoms with Crippen molar-refractivity contribution in [2.45, 2.75) is 38.8 Å². The number of nitrogens with two attached hydrogens (primary N) is 1. The lowest BCUT2D eigenvalue weighted by atomic mass is 10.1. The third kappa shape index (κ3) is 4.85. The molecule has 1 atom stereocenters. The number of benzene rings is 1. The highest BCUT2D eigenvalue weighted by Crippen LogP contribution is 2.11. The van der Waals surface area contributed by atoms with Crippen LogP contribution in [0.25, 0.3) is 0 Å². The van der Waals surface area contributed by atoms with Crippen LogP contribution in [-0.4, -0.2) is 19.1 Å². The molecule has 0 aliphatic heterocycles. The lowest BCUT2D eigenvalue weighted by Gasteiger charge is -2.12. The highest BCUT2D eigenvalue weighted by Gasteiger charge is 2.12. The molecule has 1 aromatic carbocycles. The van der Waals surface area contributed by atoms with Crippen molar-refractivity contribution in [3.05, 3.63) is 29.8 Å². The van der Waals surface area contributed by atoms with E-state index in [-0.39, 0.29) is 5.91 Å². The second-order valence-electron chi connectivity index (χ2n) is 4.37. The molecule has 1 amide bonds. The summed E-state index contributed by atoms with van der Waals surface area (Å²) in [5.41, 5.74) is 7.64. The van der Waals surface area contributed by atoms with E-state index in [4.69, 9.17) is 10.5 Å². The van der Waals surface area contributed by atoms with Crippen molar-refractivity contribution in [1.29, 1.82) is 0 Å². The zero-order valence-electron chi connectivity index (χ0n) is 11.1. The molecule has 18 heavy (non-hydrogen) atoms. The van der Waals surface area contributed by atoms with Gasteiger partial charge < -0.3 is 15.8 Å². The molecule has 0 fully saturated rings. The lowest BCUT2D eigenvalue weighted by molar-refractivity contribution is -0.117. The molecular weight excluding hydrogens is 228 g/mol. The van der Waals surface area contributed by atoms with Gasteiger partial charge in [-0.05, 0) is 24.1 Å². The van der Waals surface area contributed by atoms with Gasteiger partial charge in [0, 0.05) is 12.8 Å². The third-order valence-electron chi connectivity index (χ3n) is 2.74. The number of amides is 1. The summed E-state index contributed by atoms with van der Waals surface area (Å²) in [6.07, 6.45) is 2.75. The summed E-state index contributed by atoms with van der Waals surface area (Å²) >= 11 is 0. The molecule has 1 unspecified atom stereocenters. The largest absolute Gasteiger partial charge is 0.380 e. The quantitative estimate of drug-likeness (QED) is 0.780. The van der Waals surface area contributed by atoms with Crippen molar-refractivity contribution in [2.75, 3.05) is 12.4 Å². The number of nitrogens with one attached hydrogen (secondary N) is 1. The Hall–Kier alpha value is -1.39. The monoisotopic (exact) mass is 250 g/mol. The van der Waals surface area contributed by atoms with Crippen molar-refractivity contribution in [1.82, 2.24) is 0 Å². The molecule has 100 valence electrons. The summed E-state index contributed by atoms with van der Waals surface area (Å²) in [6, 6.07) is 7.15. The van der Waals surface area contributed by atoms with E-state index < -0.39 is 6.04 Å². The average molecular weight is 250 g/mol. The van der Waals surface area contributed by atoms with Gasteiger partial charge in [-0.25, -0.2) is 0 Å². The van der Waals surface area contributed by atoms with Crippen LogP contribution in [0, 0.1) is 0 Å². The number of methoxy groups -OCH3 is 1. The van der Waals surface area contributed by atoms with Crippen LogP contribution in [0.1, 0.15) is 31.7 Å². The van der Waals surface area contributed by atoms with E-state index >= 15 is 0 Å². The lowest BCUT2D eigenvalue weighted by Crippen LogP contribution is -2.35. The first-order valence-electron chi connectivity index (χ1n) is 6.31. The van der Waals surface area contributed by atoms with Gasteiger partial charge in [0.15, 0.2) is 0 Å². The van der Waals surface area contributed by atoms with Crippen molar-refractivity contribution >= 4 is 11.6 Å². The second kappa shape index (κ2) is 7.84. The number of carbonyl (C=O) groups is 1. The minimum atomic E-state index is -0.427. The van der Waals surface area contributed by atoms with Crippen LogP contribution in [0.4, 0.5) is 5.69 Å². The van der Waals surface area contributed by atoms with Crippen LogP contribution in [0.3, 0.4) is 0 Å². The van der Waals surface area contributed by atoms with E-state index in [1.54, 1.807) is 7.11 Å². The highest BCUT2D eigenvalue weighted by molar-refractivity contribution is 5.94. The van der Waals surface area contributed by atoms with E-state index in [0.717, 1.165) is 30.5 Å². The fourth-order valence-corrected chi connectivity index (χ4v) is 1.64. The Bertz CT molecular complexity index is 363. The predicted octanol–water partition coefficient (Wildman–Crippen LogP) is 2.29. The number of hydrogen-bond donors (Lipinski definition) is 2. The molecule has 0 aromatic heterocycles. The minimum absolute atomic E-state index is 0.122. The number of rotatable bonds is 7. The molecule has 0 aliphatic carbocycles. The standard InChI is InChI=1S/C14H22N2O2/c1-3-4-5-13(15)14(17)16-12-8-6-11(7-9-12)10-18-2/h6-9,13H,3-5,10,15H2,1-2H3,(H,16,17). The third-order valence-corrected chi connectivity index (χ3v) is 2.74. The van der Waals surface area contributed by atoms with Crippen molar-refractivity contribution in [3.8, 4) is 0 Å². The Balaban J connectivity index is 2.48. The first kappa shape index (κ1) is 14.7. The molecule has 0 saturated heterocycles. The molecule has 4 heteroatoms. The number of ether oxygens (including phenoxy) is 1. The number of carbonyl (C=O) groups excluding carboxylic acids is 1. The SMILES string of the molecule is CCCCC(N)C(=O)Nc1ccc(COC)cc1. The van der Waals surface area contributed by atoms with Gasteiger partial charge in [-0.2, -0.15) is 0 Å². The van der Waals surface area contributed by atoms with Crippen molar-refractivity contribution in [3.63, 3.8) is 0 Å². The molecule has 0 radical (unpaired) electrons. The Morgan fingerprint density at radius 1 is 1.39 bits per heavy atom. The topological polar surface area (TPSA) is 64.4 Å². The first-order valence-corrected chi connectivity index (χ1v) is 6.31. The maximum atomic E-state index is 11.8. The van der Waals surface area contributed by atoms with Crippen LogP contribution in [0.15, 0.2) is 24.3 Å². The molecule has 3 N–H and O–H groups in total. The highest BCUT2D eigenvalue weighted by atomic mass is 16.5. The Morgan fingerprint density at radius 3 is 2.61 bits per heavy atom. The minimum Gasteiger partial charge on any atom is -0.380 e. The molecule has 1 aromatic rings. The maximum absolute atomic E-state index is 11.8. The molecule has 0 bridgehead atoms. The Labute approximate surface area is 109 Å². The van der Waals surface area contributed by atoms with Gasteiger partial charge in [-0.1, -0.05) is 31.9 Å². The summed E-state index contributed by atoms with van der Waals surface area (Å²) in [6.45, 7) is 2.66. The zero-order chi connectivity index (χ0) is 13.4. The first-order chi connectivity index (χ1) is 8.67. The van der Waals surface area contributed by atoms with E-state index in [0.29, 0.717) is 6.61 Å². The number of anilines is 1. The Morgan fingerprint density at radius 2 is 2.06 bits per heavy atom. The van der Waals surface area contributed by atoms with Crippen LogP contribution >= 0.6 is 0 Å². The van der Waals surface area contributed by atoms with Crippen molar-refractivity contribution in [2.24, 2.45) is 5.73 Å². The van der Waals surface area contributed by atoms with Crippen LogP contribution in [-0.2, 0) is 16.1 Å². The van der Waals surface area contributed by atoms with E-state index in [9.17, 15) is 4.79 Å². The van der Waals surface area contributed by atoms with Gasteiger partial charge in [0.25, 0.3) is 0 Å². The number of hydrogen-bond acceptors (Lipinski definition) is 3. The summed E-state index contributed by atoms with van der Waals surface area (Å²) in [5.74, 6) is -0.122. The van der Waals surface area contributed by atoms with Gasteiger partial charge in [0.05, 0.1) is 12.6 Å². The molecule has 0 aliphatic rings. The summed E-state index contributed by atoms with van der Waals surface area (Å²) < 4.78 is 5.02. The van der Waals surface area contributed by atoms with E-state index in [2.05, 4.69) is 12.2 Å². The Kier molecular flexibility index (Phi) is 6.39. The fraction of sp³-hybridized carbons (Fsp3) is 0.500. The average Bonchev–Trinajstić information content (AvgIpc) is 2.38. The summed E-state index contributed by atoms with van der Waals surface area (Å²) in [7, 11) is 1.66. The zero-order valence-corrected chi connectivity index (χ0v) is 11.1. The summed E-state index contributed by atoms with van der Waals surface area (Å²) in [5, 5.41) is 2.82. The molecule has 4 nitrogen and oxygen atoms in total. The van der Waals surface area contributed by atoms with E-state index in [1.807, 2.05) is 24.3 Å². The van der Waals surface area contributed by atoms with Gasteiger partial charge in [0.1, 0.15) is 0 Å². The second-order valence-corrected chi connectivity index (χ2v) is 4.37. The molecule has 1 rings (SSSR count). The smallest absolute Gasteiger partial charge is 0.241 e. The van der Waals surface area contributed by atoms with Gasteiger partial charge >= 0.3 is 0 Å². The normalized spacial score (nSPS) is 12.2. The maximum Gasteiger partial charge on any atom is 0.241 e. The molecule has 0 heterocycles. The van der Waals surface area contributed by atoms with Gasteiger partial charge in [-0.3, -0.25) is 4.79 Å². The van der Waals surface area contributed by atoms with Crippen molar-refractivity contribution < 1.29 is 9.53 Å². The van der Waals surface area contributed by atoms with Crippen LogP contribution in [0.5, 0.6) is 0 Å². The number of unbranched alkanes of at least 4 members (excludes halogenated alkanes) is 1. The van der Waals surface area contributed by atoms with Crippen LogP contribution < -0.4 is 11.1 Å². The molecule has 0 saturated carbocycles. The van der Waals surface area contributed by atoms with Gasteiger partial charge in [-0.15, -0.1) is 0 Å². The van der Waals surface area contributed by atoms with E-state index in [1.165, 1.54) is 0 Å². The molecular formula is C14H22N2O2. The van der Waals surface area contributed by atoms with Gasteiger partial charge in [0.2, 0.25) is 5.91 Å². The molecule has 0 spiro atoms. The van der Waals surface area contributed by atoms with Crippen LogP contribution in [0.2, 0.25) is 0 Å². The predicted molar refractivity (Wildman–Crippen MR) is 73.3 cm³/mol.